The van der Waals surface area contributed by atoms with E-state index in [0.717, 1.165) is 93.2 Å². The summed E-state index contributed by atoms with van der Waals surface area (Å²) in [5.41, 5.74) is 8.53. The van der Waals surface area contributed by atoms with Gasteiger partial charge in [-0.15, -0.1) is 0 Å². The molecular weight excluding hydrogens is 639 g/mol. The van der Waals surface area contributed by atoms with Crippen LogP contribution in [0.3, 0.4) is 0 Å². The Labute approximate surface area is 297 Å². The number of hydrogen-bond donors (Lipinski definition) is 0. The Kier molecular flexibility index (Phi) is 6.18. The van der Waals surface area contributed by atoms with Gasteiger partial charge >= 0.3 is 0 Å². The van der Waals surface area contributed by atoms with E-state index in [1.54, 1.807) is 0 Å². The summed E-state index contributed by atoms with van der Waals surface area (Å²) in [6.45, 7) is 0. The summed E-state index contributed by atoms with van der Waals surface area (Å²) in [6.07, 6.45) is 0. The number of aromatic nitrogens is 3. The molecule has 11 rings (SSSR count). The molecule has 0 bridgehead atoms. The van der Waals surface area contributed by atoms with Gasteiger partial charge in [-0.25, -0.2) is 15.0 Å². The number of benzene rings is 8. The average Bonchev–Trinajstić information content (AvgIpc) is 3.78. The zero-order valence-corrected chi connectivity index (χ0v) is 27.7. The second-order valence-corrected chi connectivity index (χ2v) is 13.1. The normalized spacial score (nSPS) is 11.8. The molecule has 0 aliphatic rings. The van der Waals surface area contributed by atoms with Gasteiger partial charge in [0.25, 0.3) is 0 Å². The third-order valence-electron chi connectivity index (χ3n) is 10.1. The van der Waals surface area contributed by atoms with E-state index < -0.39 is 0 Å². The molecule has 242 valence electrons. The highest BCUT2D eigenvalue weighted by Crippen LogP contribution is 2.44. The highest BCUT2D eigenvalue weighted by Gasteiger charge is 2.19. The van der Waals surface area contributed by atoms with Crippen LogP contribution in [0.4, 0.5) is 0 Å². The Morgan fingerprint density at radius 3 is 1.56 bits per heavy atom. The van der Waals surface area contributed by atoms with Gasteiger partial charge in [-0.3, -0.25) is 0 Å². The highest BCUT2D eigenvalue weighted by atomic mass is 16.3. The molecule has 3 aromatic heterocycles. The molecule has 0 amide bonds. The molecule has 0 saturated carbocycles. The quantitative estimate of drug-likeness (QED) is 0.175. The predicted molar refractivity (Wildman–Crippen MR) is 211 cm³/mol. The second kappa shape index (κ2) is 11.2. The van der Waals surface area contributed by atoms with Crippen molar-refractivity contribution < 1.29 is 8.83 Å². The molecule has 5 nitrogen and oxygen atoms in total. The van der Waals surface area contributed by atoms with Crippen molar-refractivity contribution in [3.63, 3.8) is 0 Å². The van der Waals surface area contributed by atoms with Gasteiger partial charge in [0.2, 0.25) is 0 Å². The molecule has 0 atom stereocenters. The number of rotatable bonds is 4. The molecule has 11 aromatic rings. The molecule has 0 unspecified atom stereocenters. The minimum absolute atomic E-state index is 0.632. The third kappa shape index (κ3) is 4.39. The summed E-state index contributed by atoms with van der Waals surface area (Å²) < 4.78 is 12.9. The van der Waals surface area contributed by atoms with Crippen molar-refractivity contribution in [2.75, 3.05) is 0 Å². The third-order valence-corrected chi connectivity index (χ3v) is 10.1. The van der Waals surface area contributed by atoms with Crippen molar-refractivity contribution in [1.82, 2.24) is 15.0 Å². The summed E-state index contributed by atoms with van der Waals surface area (Å²) in [6, 6.07) is 56.2. The molecule has 0 N–H and O–H groups in total. The minimum Gasteiger partial charge on any atom is -0.456 e. The SMILES string of the molecule is c1ccc(-c2nc(-c3ccccc3)nc(-c3cccc4c3ccc3cc5c(cc34)oc3cccc(-c4cccc6oc7ccccc7c46)c35)n2)cc1. The number of para-hydroxylation sites is 1. The number of nitrogens with zero attached hydrogens (tertiary/aromatic N) is 3. The lowest BCUT2D eigenvalue weighted by molar-refractivity contribution is 0.668. The predicted octanol–water partition coefficient (Wildman–Crippen LogP) is 12.6. The first kappa shape index (κ1) is 28.7. The van der Waals surface area contributed by atoms with Gasteiger partial charge < -0.3 is 8.83 Å². The van der Waals surface area contributed by atoms with Crippen LogP contribution in [-0.2, 0) is 0 Å². The van der Waals surface area contributed by atoms with E-state index in [2.05, 4.69) is 84.9 Å². The second-order valence-electron chi connectivity index (χ2n) is 13.1. The van der Waals surface area contributed by atoms with E-state index in [4.69, 9.17) is 23.8 Å². The Hall–Kier alpha value is -7.11. The van der Waals surface area contributed by atoms with Crippen molar-refractivity contribution in [1.29, 1.82) is 0 Å². The van der Waals surface area contributed by atoms with Gasteiger partial charge in [-0.05, 0) is 63.0 Å². The fourth-order valence-corrected chi connectivity index (χ4v) is 7.76. The zero-order chi connectivity index (χ0) is 34.2. The van der Waals surface area contributed by atoms with E-state index in [-0.39, 0.29) is 0 Å². The van der Waals surface area contributed by atoms with Crippen LogP contribution in [0.1, 0.15) is 0 Å². The van der Waals surface area contributed by atoms with Gasteiger partial charge in [-0.1, -0.05) is 133 Å². The summed E-state index contributed by atoms with van der Waals surface area (Å²) in [4.78, 5) is 15.0. The Morgan fingerprint density at radius 1 is 0.308 bits per heavy atom. The first-order chi connectivity index (χ1) is 25.8. The van der Waals surface area contributed by atoms with Crippen LogP contribution in [0.5, 0.6) is 0 Å². The largest absolute Gasteiger partial charge is 0.456 e. The van der Waals surface area contributed by atoms with Gasteiger partial charge in [0, 0.05) is 38.2 Å². The summed E-state index contributed by atoms with van der Waals surface area (Å²) in [5.74, 6) is 1.91. The molecule has 3 heterocycles. The van der Waals surface area contributed by atoms with Crippen LogP contribution in [0.2, 0.25) is 0 Å². The highest BCUT2D eigenvalue weighted by molar-refractivity contribution is 6.22. The standard InChI is InChI=1S/C47H27N3O2/c1-3-12-28(13-4-1)45-48-46(29-14-5-2-6-15-29)50-47(49-45)35-20-9-17-31-32(35)25-24-30-26-38-42(27-37(30)31)52-41-23-11-19-34(44(38)41)33-18-10-22-40-43(33)36-16-7-8-21-39(36)51-40/h1-27H. The van der Waals surface area contributed by atoms with Gasteiger partial charge in [-0.2, -0.15) is 0 Å². The zero-order valence-electron chi connectivity index (χ0n) is 27.7. The van der Waals surface area contributed by atoms with Crippen molar-refractivity contribution >= 4 is 65.4 Å². The number of furan rings is 2. The van der Waals surface area contributed by atoms with E-state index in [1.165, 1.54) is 0 Å². The van der Waals surface area contributed by atoms with Crippen molar-refractivity contribution in [3.05, 3.63) is 164 Å². The molecule has 52 heavy (non-hydrogen) atoms. The lowest BCUT2D eigenvalue weighted by Crippen LogP contribution is -2.00. The van der Waals surface area contributed by atoms with Crippen LogP contribution in [0.25, 0.3) is 111 Å². The fraction of sp³-hybridized carbons (Fsp3) is 0. The Bertz CT molecular complexity index is 3120. The van der Waals surface area contributed by atoms with E-state index in [9.17, 15) is 0 Å². The Balaban J connectivity index is 1.12. The van der Waals surface area contributed by atoms with E-state index in [1.807, 2.05) is 78.9 Å². The summed E-state index contributed by atoms with van der Waals surface area (Å²) in [7, 11) is 0. The first-order valence-electron chi connectivity index (χ1n) is 17.4. The topological polar surface area (TPSA) is 65.0 Å². The van der Waals surface area contributed by atoms with Gasteiger partial charge in [0.15, 0.2) is 17.5 Å². The van der Waals surface area contributed by atoms with Crippen LogP contribution in [0.15, 0.2) is 173 Å². The maximum Gasteiger partial charge on any atom is 0.164 e. The maximum absolute atomic E-state index is 6.64. The van der Waals surface area contributed by atoms with Crippen LogP contribution >= 0.6 is 0 Å². The Morgan fingerprint density at radius 2 is 0.846 bits per heavy atom. The molecule has 5 heteroatoms. The van der Waals surface area contributed by atoms with Crippen molar-refractivity contribution in [3.8, 4) is 45.3 Å². The number of fused-ring (bicyclic) bond motifs is 9. The molecule has 0 spiro atoms. The molecule has 0 fully saturated rings. The maximum atomic E-state index is 6.64. The number of hydrogen-bond acceptors (Lipinski definition) is 5. The van der Waals surface area contributed by atoms with Gasteiger partial charge in [0.05, 0.1) is 0 Å². The molecular formula is C47H27N3O2. The molecule has 0 saturated heterocycles. The smallest absolute Gasteiger partial charge is 0.164 e. The molecule has 0 aliphatic carbocycles. The average molecular weight is 666 g/mol. The van der Waals surface area contributed by atoms with Gasteiger partial charge in [0.1, 0.15) is 22.3 Å². The first-order valence-corrected chi connectivity index (χ1v) is 17.4. The van der Waals surface area contributed by atoms with Crippen molar-refractivity contribution in [2.45, 2.75) is 0 Å². The molecule has 0 radical (unpaired) electrons. The minimum atomic E-state index is 0.632. The van der Waals surface area contributed by atoms with Crippen LogP contribution in [0, 0.1) is 0 Å². The lowest BCUT2D eigenvalue weighted by atomic mass is 9.93. The fourth-order valence-electron chi connectivity index (χ4n) is 7.76. The summed E-state index contributed by atoms with van der Waals surface area (Å²) >= 11 is 0. The summed E-state index contributed by atoms with van der Waals surface area (Å²) in [5, 5.41) is 8.81. The van der Waals surface area contributed by atoms with E-state index in [0.29, 0.717) is 17.5 Å². The van der Waals surface area contributed by atoms with Crippen LogP contribution in [-0.4, -0.2) is 15.0 Å². The molecule has 0 aliphatic heterocycles. The molecule has 8 aromatic carbocycles. The lowest BCUT2D eigenvalue weighted by Gasteiger charge is -2.12. The monoisotopic (exact) mass is 665 g/mol. The van der Waals surface area contributed by atoms with Crippen molar-refractivity contribution in [2.24, 2.45) is 0 Å². The van der Waals surface area contributed by atoms with E-state index >= 15 is 0 Å². The van der Waals surface area contributed by atoms with Crippen LogP contribution < -0.4 is 0 Å².